The van der Waals surface area contributed by atoms with Crippen molar-refractivity contribution in [3.63, 3.8) is 0 Å². The normalized spacial score (nSPS) is 10.7. The molecule has 0 saturated carbocycles. The summed E-state index contributed by atoms with van der Waals surface area (Å²) in [7, 11) is 3.45. The standard InChI is InChI=1S/C12H16ClN5O/c1-4-18-9(5-6-14-18)7-16(2)12(19)11-10(13)8-17(3)15-11/h5-6,8H,4,7H2,1-3H3. The lowest BCUT2D eigenvalue weighted by atomic mass is 10.3. The Hall–Kier alpha value is -1.82. The number of carbonyl (C=O) groups excluding carboxylic acids is 1. The van der Waals surface area contributed by atoms with Crippen LogP contribution < -0.4 is 0 Å². The maximum atomic E-state index is 12.2. The Balaban J connectivity index is 2.14. The molecule has 0 aliphatic heterocycles. The van der Waals surface area contributed by atoms with E-state index in [9.17, 15) is 4.79 Å². The smallest absolute Gasteiger partial charge is 0.276 e. The second-order valence-corrected chi connectivity index (χ2v) is 4.71. The fourth-order valence-corrected chi connectivity index (χ4v) is 2.14. The number of carbonyl (C=O) groups is 1. The van der Waals surface area contributed by atoms with E-state index in [4.69, 9.17) is 11.6 Å². The Morgan fingerprint density at radius 1 is 1.53 bits per heavy atom. The zero-order valence-electron chi connectivity index (χ0n) is 11.2. The van der Waals surface area contributed by atoms with Crippen LogP contribution in [0.1, 0.15) is 23.1 Å². The summed E-state index contributed by atoms with van der Waals surface area (Å²) < 4.78 is 3.38. The van der Waals surface area contributed by atoms with Crippen LogP contribution in [-0.2, 0) is 20.1 Å². The molecule has 0 spiro atoms. The molecule has 0 unspecified atom stereocenters. The quantitative estimate of drug-likeness (QED) is 0.855. The second kappa shape index (κ2) is 5.44. The fourth-order valence-electron chi connectivity index (χ4n) is 1.88. The van der Waals surface area contributed by atoms with Crippen LogP contribution in [-0.4, -0.2) is 37.4 Å². The van der Waals surface area contributed by atoms with Crippen molar-refractivity contribution in [1.82, 2.24) is 24.5 Å². The topological polar surface area (TPSA) is 56.0 Å². The minimum atomic E-state index is -0.200. The summed E-state index contributed by atoms with van der Waals surface area (Å²) in [5.74, 6) is -0.200. The molecular formula is C12H16ClN5O. The molecule has 1 amide bonds. The average Bonchev–Trinajstić information content (AvgIpc) is 2.94. The number of halogens is 1. The first-order valence-electron chi connectivity index (χ1n) is 5.98. The van der Waals surface area contributed by atoms with Gasteiger partial charge in [-0.1, -0.05) is 11.6 Å². The first-order valence-corrected chi connectivity index (χ1v) is 6.36. The van der Waals surface area contributed by atoms with E-state index in [1.165, 1.54) is 4.68 Å². The van der Waals surface area contributed by atoms with E-state index < -0.39 is 0 Å². The number of amides is 1. The predicted molar refractivity (Wildman–Crippen MR) is 71.9 cm³/mol. The molecule has 0 saturated heterocycles. The van der Waals surface area contributed by atoms with E-state index in [0.717, 1.165) is 12.2 Å². The van der Waals surface area contributed by atoms with Gasteiger partial charge in [0, 0.05) is 33.0 Å². The van der Waals surface area contributed by atoms with Crippen molar-refractivity contribution in [3.8, 4) is 0 Å². The van der Waals surface area contributed by atoms with Gasteiger partial charge in [0.2, 0.25) is 0 Å². The predicted octanol–water partition coefficient (Wildman–Crippen LogP) is 1.56. The number of aryl methyl sites for hydroxylation is 2. The molecule has 0 radical (unpaired) electrons. The highest BCUT2D eigenvalue weighted by Gasteiger charge is 2.19. The van der Waals surface area contributed by atoms with Crippen LogP contribution in [0, 0.1) is 0 Å². The lowest BCUT2D eigenvalue weighted by Crippen LogP contribution is -2.28. The molecule has 2 aromatic heterocycles. The minimum Gasteiger partial charge on any atom is -0.334 e. The molecule has 102 valence electrons. The van der Waals surface area contributed by atoms with Gasteiger partial charge in [0.25, 0.3) is 5.91 Å². The minimum absolute atomic E-state index is 0.200. The highest BCUT2D eigenvalue weighted by atomic mass is 35.5. The van der Waals surface area contributed by atoms with Gasteiger partial charge >= 0.3 is 0 Å². The molecular weight excluding hydrogens is 266 g/mol. The number of nitrogens with zero attached hydrogens (tertiary/aromatic N) is 5. The van der Waals surface area contributed by atoms with Gasteiger partial charge in [0.15, 0.2) is 5.69 Å². The summed E-state index contributed by atoms with van der Waals surface area (Å²) >= 11 is 5.98. The molecule has 6 nitrogen and oxygen atoms in total. The Morgan fingerprint density at radius 2 is 2.26 bits per heavy atom. The van der Waals surface area contributed by atoms with E-state index in [0.29, 0.717) is 11.6 Å². The van der Waals surface area contributed by atoms with Crippen molar-refractivity contribution in [1.29, 1.82) is 0 Å². The lowest BCUT2D eigenvalue weighted by Gasteiger charge is -2.16. The van der Waals surface area contributed by atoms with Crippen LogP contribution in [0.2, 0.25) is 5.02 Å². The fraction of sp³-hybridized carbons (Fsp3) is 0.417. The third-order valence-corrected chi connectivity index (χ3v) is 3.11. The summed E-state index contributed by atoms with van der Waals surface area (Å²) in [6, 6.07) is 1.90. The molecule has 0 fully saturated rings. The Bertz CT molecular complexity index is 589. The molecule has 0 atom stereocenters. The molecule has 0 aliphatic carbocycles. The number of aromatic nitrogens is 4. The third-order valence-electron chi connectivity index (χ3n) is 2.84. The Labute approximate surface area is 116 Å². The molecule has 19 heavy (non-hydrogen) atoms. The molecule has 2 rings (SSSR count). The zero-order valence-corrected chi connectivity index (χ0v) is 11.9. The van der Waals surface area contributed by atoms with Crippen LogP contribution in [0.4, 0.5) is 0 Å². The summed E-state index contributed by atoms with van der Waals surface area (Å²) in [6.07, 6.45) is 3.34. The van der Waals surface area contributed by atoms with Crippen LogP contribution in [0.25, 0.3) is 0 Å². The Morgan fingerprint density at radius 3 is 2.84 bits per heavy atom. The molecule has 0 bridgehead atoms. The summed E-state index contributed by atoms with van der Waals surface area (Å²) in [5, 5.41) is 8.61. The van der Waals surface area contributed by atoms with E-state index in [1.54, 1.807) is 31.4 Å². The second-order valence-electron chi connectivity index (χ2n) is 4.30. The van der Waals surface area contributed by atoms with Gasteiger partial charge in [-0.3, -0.25) is 14.2 Å². The third kappa shape index (κ3) is 2.78. The van der Waals surface area contributed by atoms with Gasteiger partial charge in [-0.2, -0.15) is 10.2 Å². The van der Waals surface area contributed by atoms with Gasteiger partial charge in [-0.15, -0.1) is 0 Å². The zero-order chi connectivity index (χ0) is 14.0. The van der Waals surface area contributed by atoms with E-state index in [2.05, 4.69) is 10.2 Å². The lowest BCUT2D eigenvalue weighted by molar-refractivity contribution is 0.0775. The van der Waals surface area contributed by atoms with Crippen molar-refractivity contribution < 1.29 is 4.79 Å². The van der Waals surface area contributed by atoms with Gasteiger partial charge in [-0.25, -0.2) is 0 Å². The monoisotopic (exact) mass is 281 g/mol. The molecule has 0 N–H and O–H groups in total. The van der Waals surface area contributed by atoms with Crippen molar-refractivity contribution in [2.45, 2.75) is 20.0 Å². The molecule has 2 aromatic rings. The first-order chi connectivity index (χ1) is 9.02. The maximum absolute atomic E-state index is 12.2. The summed E-state index contributed by atoms with van der Waals surface area (Å²) in [4.78, 5) is 13.8. The summed E-state index contributed by atoms with van der Waals surface area (Å²) in [5.41, 5.74) is 1.25. The molecule has 2 heterocycles. The average molecular weight is 282 g/mol. The highest BCUT2D eigenvalue weighted by Crippen LogP contribution is 2.16. The van der Waals surface area contributed by atoms with Crippen LogP contribution in [0.3, 0.4) is 0 Å². The van der Waals surface area contributed by atoms with Crippen molar-refractivity contribution >= 4 is 17.5 Å². The SMILES string of the molecule is CCn1nccc1CN(C)C(=O)c1nn(C)cc1Cl. The maximum Gasteiger partial charge on any atom is 0.276 e. The van der Waals surface area contributed by atoms with E-state index in [-0.39, 0.29) is 11.6 Å². The Kier molecular flexibility index (Phi) is 3.90. The van der Waals surface area contributed by atoms with E-state index >= 15 is 0 Å². The molecule has 0 aromatic carbocycles. The number of hydrogen-bond donors (Lipinski definition) is 0. The highest BCUT2D eigenvalue weighted by molar-refractivity contribution is 6.33. The molecule has 0 aliphatic rings. The van der Waals surface area contributed by atoms with Crippen molar-refractivity contribution in [2.24, 2.45) is 7.05 Å². The first kappa shape index (κ1) is 13.6. The van der Waals surface area contributed by atoms with E-state index in [1.807, 2.05) is 17.7 Å². The van der Waals surface area contributed by atoms with Gasteiger partial charge in [0.05, 0.1) is 17.3 Å². The summed E-state index contributed by atoms with van der Waals surface area (Å²) in [6.45, 7) is 3.25. The van der Waals surface area contributed by atoms with Gasteiger partial charge < -0.3 is 4.90 Å². The number of rotatable bonds is 4. The van der Waals surface area contributed by atoms with Gasteiger partial charge in [-0.05, 0) is 13.0 Å². The van der Waals surface area contributed by atoms with Crippen LogP contribution >= 0.6 is 11.6 Å². The van der Waals surface area contributed by atoms with Gasteiger partial charge in [0.1, 0.15) is 0 Å². The van der Waals surface area contributed by atoms with Crippen molar-refractivity contribution in [2.75, 3.05) is 7.05 Å². The van der Waals surface area contributed by atoms with Crippen LogP contribution in [0.15, 0.2) is 18.5 Å². The van der Waals surface area contributed by atoms with Crippen molar-refractivity contribution in [3.05, 3.63) is 34.9 Å². The molecule has 7 heteroatoms. The number of hydrogen-bond acceptors (Lipinski definition) is 3. The largest absolute Gasteiger partial charge is 0.334 e. The van der Waals surface area contributed by atoms with Crippen LogP contribution in [0.5, 0.6) is 0 Å².